The number of carbonyl (C=O) groups is 2. The van der Waals surface area contributed by atoms with E-state index >= 15 is 0 Å². The Bertz CT molecular complexity index is 1560. The summed E-state index contributed by atoms with van der Waals surface area (Å²) in [5.41, 5.74) is 5.48. The van der Waals surface area contributed by atoms with Gasteiger partial charge in [-0.3, -0.25) is 14.9 Å². The number of aromatic nitrogens is 3. The van der Waals surface area contributed by atoms with E-state index in [0.29, 0.717) is 33.2 Å². The van der Waals surface area contributed by atoms with Gasteiger partial charge < -0.3 is 9.84 Å². The van der Waals surface area contributed by atoms with Crippen LogP contribution in [0.25, 0.3) is 33.6 Å². The summed E-state index contributed by atoms with van der Waals surface area (Å²) < 4.78 is 5.38. The minimum atomic E-state index is -0.314. The molecule has 0 fully saturated rings. The van der Waals surface area contributed by atoms with E-state index in [2.05, 4.69) is 25.8 Å². The molecule has 0 bridgehead atoms. The molecule has 2 N–H and O–H groups in total. The van der Waals surface area contributed by atoms with Crippen molar-refractivity contribution in [2.45, 2.75) is 26.8 Å². The molecule has 8 nitrogen and oxygen atoms in total. The van der Waals surface area contributed by atoms with Gasteiger partial charge in [0.2, 0.25) is 5.91 Å². The van der Waals surface area contributed by atoms with Gasteiger partial charge in [0.25, 0.3) is 11.6 Å². The number of hydrogen-bond acceptors (Lipinski definition) is 7. The molecule has 0 spiro atoms. The zero-order valence-corrected chi connectivity index (χ0v) is 20.7. The summed E-state index contributed by atoms with van der Waals surface area (Å²) in [6, 6.07) is 19.1. The van der Waals surface area contributed by atoms with Gasteiger partial charge in [0.1, 0.15) is 0 Å². The van der Waals surface area contributed by atoms with Crippen molar-refractivity contribution >= 4 is 39.4 Å². The molecule has 9 heteroatoms. The third kappa shape index (κ3) is 4.73. The summed E-state index contributed by atoms with van der Waals surface area (Å²) in [6.07, 6.45) is 0. The fraction of sp³-hybridized carbons (Fsp3) is 0.148. The Morgan fingerprint density at radius 2 is 1.69 bits per heavy atom. The van der Waals surface area contributed by atoms with E-state index in [-0.39, 0.29) is 17.9 Å². The van der Waals surface area contributed by atoms with Gasteiger partial charge in [-0.05, 0) is 25.5 Å². The zero-order valence-electron chi connectivity index (χ0n) is 19.9. The normalized spacial score (nSPS) is 11.9. The van der Waals surface area contributed by atoms with Crippen molar-refractivity contribution < 1.29 is 14.1 Å². The monoisotopic (exact) mass is 497 g/mol. The highest BCUT2D eigenvalue weighted by molar-refractivity contribution is 7.14. The number of aryl methyl sites for hydroxylation is 1. The lowest BCUT2D eigenvalue weighted by molar-refractivity contribution is -0.119. The van der Waals surface area contributed by atoms with Crippen molar-refractivity contribution in [2.24, 2.45) is 0 Å². The number of nitrogens with one attached hydrogen (secondary N) is 2. The second-order valence-corrected chi connectivity index (χ2v) is 9.26. The number of benzene rings is 2. The molecule has 0 saturated carbocycles. The summed E-state index contributed by atoms with van der Waals surface area (Å²) in [6.45, 7) is 5.22. The van der Waals surface area contributed by atoms with E-state index in [4.69, 9.17) is 4.52 Å². The molecule has 180 valence electrons. The largest absolute Gasteiger partial charge is 0.350 e. The smallest absolute Gasteiger partial charge is 0.259 e. The number of rotatable bonds is 6. The molecule has 1 atom stereocenters. The van der Waals surface area contributed by atoms with Crippen molar-refractivity contribution in [3.63, 3.8) is 0 Å². The number of nitrogens with zero attached hydrogens (tertiary/aromatic N) is 3. The Morgan fingerprint density at radius 1 is 0.972 bits per heavy atom. The first-order valence-corrected chi connectivity index (χ1v) is 12.2. The number of pyridine rings is 1. The van der Waals surface area contributed by atoms with Gasteiger partial charge in [0, 0.05) is 23.4 Å². The highest BCUT2D eigenvalue weighted by Gasteiger charge is 2.20. The molecule has 2 aromatic carbocycles. The Labute approximate surface area is 211 Å². The third-order valence-electron chi connectivity index (χ3n) is 5.78. The van der Waals surface area contributed by atoms with E-state index in [1.54, 1.807) is 13.0 Å². The molecule has 0 radical (unpaired) electrons. The second kappa shape index (κ2) is 9.71. The van der Waals surface area contributed by atoms with Crippen LogP contribution in [0.1, 0.15) is 41.5 Å². The average Bonchev–Trinajstić information content (AvgIpc) is 3.50. The minimum absolute atomic E-state index is 0.0739. The maximum Gasteiger partial charge on any atom is 0.259 e. The summed E-state index contributed by atoms with van der Waals surface area (Å²) in [5, 5.41) is 12.7. The molecule has 5 aromatic rings. The molecule has 3 aromatic heterocycles. The van der Waals surface area contributed by atoms with E-state index < -0.39 is 0 Å². The molecule has 0 saturated heterocycles. The number of amides is 2. The predicted molar refractivity (Wildman–Crippen MR) is 140 cm³/mol. The summed E-state index contributed by atoms with van der Waals surface area (Å²) in [7, 11) is 0. The minimum Gasteiger partial charge on any atom is -0.350 e. The lowest BCUT2D eigenvalue weighted by Crippen LogP contribution is -2.23. The van der Waals surface area contributed by atoms with Gasteiger partial charge >= 0.3 is 0 Å². The maximum absolute atomic E-state index is 13.3. The van der Waals surface area contributed by atoms with E-state index in [9.17, 15) is 9.59 Å². The SMILES string of the molecule is CC(=O)NC(C)c1ccc(-c2csc(NC(=O)c3cc(-c4ccccc4)nc4onc(C)c34)n2)cc1. The Kier molecular flexibility index (Phi) is 6.30. The first-order chi connectivity index (χ1) is 17.4. The summed E-state index contributed by atoms with van der Waals surface area (Å²) in [5.74, 6) is -0.388. The van der Waals surface area contributed by atoms with Crippen LogP contribution in [0.4, 0.5) is 5.13 Å². The third-order valence-corrected chi connectivity index (χ3v) is 6.54. The lowest BCUT2D eigenvalue weighted by Gasteiger charge is -2.13. The van der Waals surface area contributed by atoms with Crippen LogP contribution >= 0.6 is 11.3 Å². The first-order valence-electron chi connectivity index (χ1n) is 11.4. The van der Waals surface area contributed by atoms with Crippen LogP contribution in [-0.2, 0) is 4.79 Å². The number of thiazole rings is 1. The van der Waals surface area contributed by atoms with E-state index in [1.165, 1.54) is 18.3 Å². The quantitative estimate of drug-likeness (QED) is 0.308. The molecule has 0 aliphatic heterocycles. The van der Waals surface area contributed by atoms with Crippen LogP contribution in [-0.4, -0.2) is 26.9 Å². The fourth-order valence-electron chi connectivity index (χ4n) is 3.99. The molecule has 5 rings (SSSR count). The number of carbonyl (C=O) groups excluding carboxylic acids is 2. The molecule has 0 aliphatic rings. The molecule has 36 heavy (non-hydrogen) atoms. The number of anilines is 1. The van der Waals surface area contributed by atoms with Crippen molar-refractivity contribution in [2.75, 3.05) is 5.32 Å². The molecule has 1 unspecified atom stereocenters. The maximum atomic E-state index is 13.3. The van der Waals surface area contributed by atoms with Gasteiger partial charge in [0.05, 0.1) is 34.1 Å². The standard InChI is InChI=1S/C27H23N5O3S/c1-15(28-17(3)33)18-9-11-20(12-10-18)23-14-36-27(30-23)31-25(34)21-13-22(19-7-5-4-6-8-19)29-26-24(21)16(2)32-35-26/h4-15H,1-3H3,(H,28,33)(H,30,31,34). The van der Waals surface area contributed by atoms with E-state index in [0.717, 1.165) is 22.4 Å². The van der Waals surface area contributed by atoms with Crippen LogP contribution in [0.15, 0.2) is 70.6 Å². The van der Waals surface area contributed by atoms with Crippen LogP contribution in [0, 0.1) is 6.92 Å². The average molecular weight is 498 g/mol. The highest BCUT2D eigenvalue weighted by Crippen LogP contribution is 2.30. The number of hydrogen-bond donors (Lipinski definition) is 2. The van der Waals surface area contributed by atoms with Gasteiger partial charge in [-0.2, -0.15) is 0 Å². The Morgan fingerprint density at radius 3 is 2.42 bits per heavy atom. The lowest BCUT2D eigenvalue weighted by atomic mass is 10.0. The second-order valence-electron chi connectivity index (χ2n) is 8.41. The van der Waals surface area contributed by atoms with Gasteiger partial charge in [-0.25, -0.2) is 9.97 Å². The first kappa shape index (κ1) is 23.4. The Hall–Kier alpha value is -4.37. The molecular weight excluding hydrogens is 474 g/mol. The summed E-state index contributed by atoms with van der Waals surface area (Å²) in [4.78, 5) is 33.8. The topological polar surface area (TPSA) is 110 Å². The fourth-order valence-corrected chi connectivity index (χ4v) is 4.70. The van der Waals surface area contributed by atoms with Crippen LogP contribution in [0.5, 0.6) is 0 Å². The predicted octanol–water partition coefficient (Wildman–Crippen LogP) is 5.77. The van der Waals surface area contributed by atoms with E-state index in [1.807, 2.05) is 66.9 Å². The zero-order chi connectivity index (χ0) is 25.2. The highest BCUT2D eigenvalue weighted by atomic mass is 32.1. The molecule has 3 heterocycles. The number of fused-ring (bicyclic) bond motifs is 1. The van der Waals surface area contributed by atoms with Crippen LogP contribution in [0.3, 0.4) is 0 Å². The van der Waals surface area contributed by atoms with Crippen molar-refractivity contribution in [3.05, 3.63) is 82.9 Å². The summed E-state index contributed by atoms with van der Waals surface area (Å²) >= 11 is 1.34. The Balaban J connectivity index is 1.39. The van der Waals surface area contributed by atoms with Crippen molar-refractivity contribution in [1.82, 2.24) is 20.4 Å². The molecule has 0 aliphatic carbocycles. The van der Waals surface area contributed by atoms with Crippen molar-refractivity contribution in [3.8, 4) is 22.5 Å². The van der Waals surface area contributed by atoms with Gasteiger partial charge in [-0.1, -0.05) is 59.8 Å². The van der Waals surface area contributed by atoms with Gasteiger partial charge in [-0.15, -0.1) is 11.3 Å². The van der Waals surface area contributed by atoms with Crippen LogP contribution in [0.2, 0.25) is 0 Å². The van der Waals surface area contributed by atoms with Crippen LogP contribution < -0.4 is 10.6 Å². The molecular formula is C27H23N5O3S. The van der Waals surface area contributed by atoms with Gasteiger partial charge in [0.15, 0.2) is 5.13 Å². The van der Waals surface area contributed by atoms with Crippen molar-refractivity contribution in [1.29, 1.82) is 0 Å². The molecule has 2 amide bonds.